The molecule has 3 N–H and O–H groups in total. The molecule has 15 heavy (non-hydrogen) atoms. The molecule has 84 valence electrons. The molecule has 0 fully saturated rings. The van der Waals surface area contributed by atoms with E-state index < -0.39 is 0 Å². The van der Waals surface area contributed by atoms with E-state index in [4.69, 9.17) is 17.3 Å². The van der Waals surface area contributed by atoms with Crippen molar-refractivity contribution in [1.82, 2.24) is 5.32 Å². The smallest absolute Gasteiger partial charge is 0.129 e. The normalized spacial score (nSPS) is 13.2. The Kier molecular flexibility index (Phi) is 4.51. The molecule has 1 atom stereocenters. The van der Waals surface area contributed by atoms with Crippen molar-refractivity contribution in [2.75, 3.05) is 6.54 Å². The van der Waals surface area contributed by atoms with Gasteiger partial charge >= 0.3 is 0 Å². The molecule has 2 nitrogen and oxygen atoms in total. The van der Waals surface area contributed by atoms with Crippen LogP contribution in [0.2, 0.25) is 5.02 Å². The van der Waals surface area contributed by atoms with Crippen molar-refractivity contribution in [2.45, 2.75) is 25.9 Å². The monoisotopic (exact) mass is 230 g/mol. The third-order valence-electron chi connectivity index (χ3n) is 2.11. The summed E-state index contributed by atoms with van der Waals surface area (Å²) in [7, 11) is 0. The third kappa shape index (κ3) is 3.45. The van der Waals surface area contributed by atoms with Gasteiger partial charge < -0.3 is 11.1 Å². The molecule has 1 unspecified atom stereocenters. The molecule has 0 bridgehead atoms. The van der Waals surface area contributed by atoms with E-state index >= 15 is 0 Å². The van der Waals surface area contributed by atoms with E-state index in [1.54, 1.807) is 12.1 Å². The molecule has 0 aliphatic carbocycles. The van der Waals surface area contributed by atoms with Crippen LogP contribution in [0, 0.1) is 5.82 Å². The van der Waals surface area contributed by atoms with Crippen LogP contribution in [-0.4, -0.2) is 12.6 Å². The van der Waals surface area contributed by atoms with Gasteiger partial charge in [0.2, 0.25) is 0 Å². The number of halogens is 2. The number of nitrogens with two attached hydrogens (primary N) is 1. The Morgan fingerprint density at radius 2 is 2.13 bits per heavy atom. The number of hydrogen-bond donors (Lipinski definition) is 2. The highest BCUT2D eigenvalue weighted by molar-refractivity contribution is 6.30. The molecular weight excluding hydrogens is 215 g/mol. The topological polar surface area (TPSA) is 38.0 Å². The largest absolute Gasteiger partial charge is 0.329 e. The molecule has 0 saturated carbocycles. The predicted molar refractivity (Wildman–Crippen MR) is 61.5 cm³/mol. The molecular formula is C11H16ClFN2. The minimum atomic E-state index is -0.314. The summed E-state index contributed by atoms with van der Waals surface area (Å²) in [5, 5.41) is 3.60. The summed E-state index contributed by atoms with van der Waals surface area (Å²) < 4.78 is 13.6. The first-order valence-electron chi connectivity index (χ1n) is 4.95. The van der Waals surface area contributed by atoms with Gasteiger partial charge in [-0.3, -0.25) is 0 Å². The van der Waals surface area contributed by atoms with Crippen molar-refractivity contribution in [3.8, 4) is 0 Å². The van der Waals surface area contributed by atoms with Crippen molar-refractivity contribution < 1.29 is 4.39 Å². The summed E-state index contributed by atoms with van der Waals surface area (Å²) in [5.41, 5.74) is 6.16. The van der Waals surface area contributed by atoms with Crippen molar-refractivity contribution in [3.05, 3.63) is 34.6 Å². The maximum atomic E-state index is 13.6. The van der Waals surface area contributed by atoms with Crippen LogP contribution in [0.1, 0.15) is 25.5 Å². The molecule has 0 radical (unpaired) electrons. The van der Waals surface area contributed by atoms with Gasteiger partial charge in [0, 0.05) is 29.2 Å². The second kappa shape index (κ2) is 5.45. The third-order valence-corrected chi connectivity index (χ3v) is 2.34. The second-order valence-electron chi connectivity index (χ2n) is 3.78. The first-order chi connectivity index (χ1) is 7.04. The zero-order valence-corrected chi connectivity index (χ0v) is 9.68. The Morgan fingerprint density at radius 3 is 2.60 bits per heavy atom. The molecule has 1 aromatic rings. The Labute approximate surface area is 94.6 Å². The zero-order valence-electron chi connectivity index (χ0n) is 8.93. The summed E-state index contributed by atoms with van der Waals surface area (Å²) in [6.07, 6.45) is 0. The number of hydrogen-bond acceptors (Lipinski definition) is 2. The second-order valence-corrected chi connectivity index (χ2v) is 4.21. The van der Waals surface area contributed by atoms with E-state index in [-0.39, 0.29) is 17.9 Å². The van der Waals surface area contributed by atoms with E-state index in [2.05, 4.69) is 5.32 Å². The lowest BCUT2D eigenvalue weighted by atomic mass is 10.1. The van der Waals surface area contributed by atoms with Gasteiger partial charge in [-0.1, -0.05) is 31.5 Å². The fraction of sp³-hybridized carbons (Fsp3) is 0.455. The minimum absolute atomic E-state index is 0.165. The van der Waals surface area contributed by atoms with Crippen LogP contribution in [-0.2, 0) is 0 Å². The van der Waals surface area contributed by atoms with E-state index in [1.165, 1.54) is 6.07 Å². The Morgan fingerprint density at radius 1 is 1.47 bits per heavy atom. The van der Waals surface area contributed by atoms with Crippen LogP contribution in [0.3, 0.4) is 0 Å². The quantitative estimate of drug-likeness (QED) is 0.834. The van der Waals surface area contributed by atoms with E-state index in [0.717, 1.165) is 0 Å². The van der Waals surface area contributed by atoms with Gasteiger partial charge in [0.05, 0.1) is 0 Å². The van der Waals surface area contributed by atoms with Gasteiger partial charge in [-0.25, -0.2) is 4.39 Å². The van der Waals surface area contributed by atoms with Gasteiger partial charge in [-0.15, -0.1) is 0 Å². The number of nitrogens with one attached hydrogen (secondary N) is 1. The fourth-order valence-electron chi connectivity index (χ4n) is 1.47. The van der Waals surface area contributed by atoms with Crippen molar-refractivity contribution in [1.29, 1.82) is 0 Å². The molecule has 0 aliphatic heterocycles. The fourth-order valence-corrected chi connectivity index (χ4v) is 1.63. The Bertz CT molecular complexity index is 328. The van der Waals surface area contributed by atoms with E-state index in [0.29, 0.717) is 17.1 Å². The molecule has 0 heterocycles. The van der Waals surface area contributed by atoms with Gasteiger partial charge in [0.1, 0.15) is 5.82 Å². The maximum Gasteiger partial charge on any atom is 0.129 e. The van der Waals surface area contributed by atoms with Crippen LogP contribution in [0.4, 0.5) is 4.39 Å². The van der Waals surface area contributed by atoms with Crippen LogP contribution in [0.25, 0.3) is 0 Å². The molecule has 1 aromatic carbocycles. The summed E-state index contributed by atoms with van der Waals surface area (Å²) in [6.45, 7) is 4.35. The van der Waals surface area contributed by atoms with Gasteiger partial charge in [0.15, 0.2) is 0 Å². The zero-order chi connectivity index (χ0) is 11.4. The molecule has 1 rings (SSSR count). The highest BCUT2D eigenvalue weighted by Gasteiger charge is 2.14. The van der Waals surface area contributed by atoms with Gasteiger partial charge in [-0.2, -0.15) is 0 Å². The predicted octanol–water partition coefficient (Wildman–Crippen LogP) is 2.48. The molecule has 0 amide bonds. The van der Waals surface area contributed by atoms with E-state index in [1.807, 2.05) is 13.8 Å². The van der Waals surface area contributed by atoms with E-state index in [9.17, 15) is 4.39 Å². The first-order valence-corrected chi connectivity index (χ1v) is 5.33. The summed E-state index contributed by atoms with van der Waals surface area (Å²) >= 11 is 5.68. The average Bonchev–Trinajstić information content (AvgIpc) is 2.14. The minimum Gasteiger partial charge on any atom is -0.329 e. The van der Waals surface area contributed by atoms with Gasteiger partial charge in [0.25, 0.3) is 0 Å². The van der Waals surface area contributed by atoms with Crippen molar-refractivity contribution in [3.63, 3.8) is 0 Å². The molecule has 0 saturated heterocycles. The Hall–Kier alpha value is -0.640. The molecule has 4 heteroatoms. The lowest BCUT2D eigenvalue weighted by Crippen LogP contribution is -2.33. The van der Waals surface area contributed by atoms with Crippen molar-refractivity contribution >= 4 is 11.6 Å². The standard InChI is InChI=1S/C11H16ClFN2/c1-7(2)15-11(6-14)9-4-3-8(12)5-10(9)13/h3-5,7,11,15H,6,14H2,1-2H3. The Balaban J connectivity index is 2.91. The summed E-state index contributed by atoms with van der Waals surface area (Å²) in [4.78, 5) is 0. The molecule has 0 aliphatic rings. The highest BCUT2D eigenvalue weighted by Crippen LogP contribution is 2.20. The highest BCUT2D eigenvalue weighted by atomic mass is 35.5. The lowest BCUT2D eigenvalue weighted by molar-refractivity contribution is 0.464. The lowest BCUT2D eigenvalue weighted by Gasteiger charge is -2.20. The van der Waals surface area contributed by atoms with Crippen LogP contribution in [0.5, 0.6) is 0 Å². The summed E-state index contributed by atoms with van der Waals surface area (Å²) in [6, 6.07) is 4.74. The van der Waals surface area contributed by atoms with Crippen LogP contribution >= 0.6 is 11.6 Å². The first kappa shape index (κ1) is 12.4. The summed E-state index contributed by atoms with van der Waals surface area (Å²) in [5.74, 6) is -0.314. The average molecular weight is 231 g/mol. The van der Waals surface area contributed by atoms with Crippen molar-refractivity contribution in [2.24, 2.45) is 5.73 Å². The maximum absolute atomic E-state index is 13.6. The number of rotatable bonds is 4. The van der Waals surface area contributed by atoms with Gasteiger partial charge in [-0.05, 0) is 12.1 Å². The van der Waals surface area contributed by atoms with Crippen LogP contribution in [0.15, 0.2) is 18.2 Å². The SMILES string of the molecule is CC(C)NC(CN)c1ccc(Cl)cc1F. The number of benzene rings is 1. The van der Waals surface area contributed by atoms with Crippen LogP contribution < -0.4 is 11.1 Å². The molecule has 0 aromatic heterocycles. The molecule has 0 spiro atoms.